The van der Waals surface area contributed by atoms with Gasteiger partial charge < -0.3 is 9.80 Å². The molecule has 1 aromatic rings. The predicted molar refractivity (Wildman–Crippen MR) is 85.4 cm³/mol. The van der Waals surface area contributed by atoms with Gasteiger partial charge in [0, 0.05) is 37.5 Å². The van der Waals surface area contributed by atoms with Gasteiger partial charge in [-0.2, -0.15) is 0 Å². The predicted octanol–water partition coefficient (Wildman–Crippen LogP) is 2.03. The minimum absolute atomic E-state index is 0.149. The average Bonchev–Trinajstić information content (AvgIpc) is 2.55. The molecular weight excluding hydrogens is 284 g/mol. The molecule has 114 valence electrons. The van der Waals surface area contributed by atoms with Gasteiger partial charge in [0.2, 0.25) is 11.8 Å². The second-order valence-corrected chi connectivity index (χ2v) is 6.02. The SMILES string of the molecule is CCC(=O)N1CCN(C(=O)Cc2ccc(SC)cc2)CC1. The van der Waals surface area contributed by atoms with E-state index in [4.69, 9.17) is 0 Å². The molecule has 4 nitrogen and oxygen atoms in total. The molecule has 1 fully saturated rings. The Kier molecular flexibility index (Phi) is 5.67. The monoisotopic (exact) mass is 306 g/mol. The Balaban J connectivity index is 1.85. The van der Waals surface area contributed by atoms with Crippen molar-refractivity contribution in [3.05, 3.63) is 29.8 Å². The van der Waals surface area contributed by atoms with Crippen LogP contribution < -0.4 is 0 Å². The quantitative estimate of drug-likeness (QED) is 0.799. The first-order chi connectivity index (χ1) is 10.1. The van der Waals surface area contributed by atoms with Gasteiger partial charge in [-0.3, -0.25) is 9.59 Å². The second-order valence-electron chi connectivity index (χ2n) is 5.14. The summed E-state index contributed by atoms with van der Waals surface area (Å²) < 4.78 is 0. The number of piperazine rings is 1. The van der Waals surface area contributed by atoms with Crippen molar-refractivity contribution in [2.45, 2.75) is 24.7 Å². The molecule has 5 heteroatoms. The highest BCUT2D eigenvalue weighted by atomic mass is 32.2. The molecule has 1 heterocycles. The fraction of sp³-hybridized carbons (Fsp3) is 0.500. The Morgan fingerprint density at radius 3 is 2.00 bits per heavy atom. The van der Waals surface area contributed by atoms with Crippen molar-refractivity contribution in [3.63, 3.8) is 0 Å². The van der Waals surface area contributed by atoms with Crippen molar-refractivity contribution in [3.8, 4) is 0 Å². The minimum atomic E-state index is 0.149. The smallest absolute Gasteiger partial charge is 0.227 e. The van der Waals surface area contributed by atoms with Crippen LogP contribution in [-0.4, -0.2) is 54.0 Å². The molecule has 2 rings (SSSR count). The minimum Gasteiger partial charge on any atom is -0.339 e. The van der Waals surface area contributed by atoms with Gasteiger partial charge in [0.25, 0.3) is 0 Å². The first kappa shape index (κ1) is 15.9. The first-order valence-corrected chi connectivity index (χ1v) is 8.55. The molecule has 0 radical (unpaired) electrons. The summed E-state index contributed by atoms with van der Waals surface area (Å²) in [7, 11) is 0. The number of nitrogens with zero attached hydrogens (tertiary/aromatic N) is 2. The zero-order valence-electron chi connectivity index (χ0n) is 12.7. The number of benzene rings is 1. The van der Waals surface area contributed by atoms with Crippen LogP contribution >= 0.6 is 11.8 Å². The Bertz CT molecular complexity index is 494. The van der Waals surface area contributed by atoms with Gasteiger partial charge in [-0.05, 0) is 24.0 Å². The molecule has 2 amide bonds. The van der Waals surface area contributed by atoms with Gasteiger partial charge in [0.15, 0.2) is 0 Å². The largest absolute Gasteiger partial charge is 0.339 e. The van der Waals surface area contributed by atoms with Crippen LogP contribution in [0, 0.1) is 0 Å². The molecule has 0 N–H and O–H groups in total. The van der Waals surface area contributed by atoms with Crippen molar-refractivity contribution in [2.24, 2.45) is 0 Å². The van der Waals surface area contributed by atoms with Crippen LogP contribution in [-0.2, 0) is 16.0 Å². The summed E-state index contributed by atoms with van der Waals surface area (Å²) in [6, 6.07) is 8.12. The van der Waals surface area contributed by atoms with Crippen molar-refractivity contribution in [2.75, 3.05) is 32.4 Å². The maximum Gasteiger partial charge on any atom is 0.227 e. The van der Waals surface area contributed by atoms with Crippen molar-refractivity contribution in [1.82, 2.24) is 9.80 Å². The molecule has 1 aromatic carbocycles. The molecule has 1 saturated heterocycles. The van der Waals surface area contributed by atoms with Crippen LogP contribution in [0.4, 0.5) is 0 Å². The Hall–Kier alpha value is -1.49. The molecule has 0 saturated carbocycles. The summed E-state index contributed by atoms with van der Waals surface area (Å²) in [4.78, 5) is 28.8. The van der Waals surface area contributed by atoms with E-state index in [9.17, 15) is 9.59 Å². The Morgan fingerprint density at radius 2 is 1.52 bits per heavy atom. The summed E-state index contributed by atoms with van der Waals surface area (Å²) in [5.74, 6) is 0.324. The summed E-state index contributed by atoms with van der Waals surface area (Å²) in [5, 5.41) is 0. The lowest BCUT2D eigenvalue weighted by Crippen LogP contribution is -2.50. The molecule has 0 unspecified atom stereocenters. The molecular formula is C16H22N2O2S. The summed E-state index contributed by atoms with van der Waals surface area (Å²) in [6.45, 7) is 4.48. The van der Waals surface area contributed by atoms with Gasteiger partial charge in [0.05, 0.1) is 6.42 Å². The molecule has 0 aromatic heterocycles. The summed E-state index contributed by atoms with van der Waals surface area (Å²) in [6.07, 6.45) is 3.02. The molecule has 21 heavy (non-hydrogen) atoms. The zero-order chi connectivity index (χ0) is 15.2. The van der Waals surface area contributed by atoms with Gasteiger partial charge in [-0.1, -0.05) is 19.1 Å². The van der Waals surface area contributed by atoms with Crippen LogP contribution in [0.1, 0.15) is 18.9 Å². The standard InChI is InChI=1S/C16H22N2O2S/c1-3-15(19)17-8-10-18(11-9-17)16(20)12-13-4-6-14(21-2)7-5-13/h4-7H,3,8-12H2,1-2H3. The van der Waals surface area contributed by atoms with Gasteiger partial charge in [-0.25, -0.2) is 0 Å². The molecule has 1 aliphatic heterocycles. The van der Waals surface area contributed by atoms with E-state index in [-0.39, 0.29) is 11.8 Å². The van der Waals surface area contributed by atoms with Gasteiger partial charge >= 0.3 is 0 Å². The fourth-order valence-corrected chi connectivity index (χ4v) is 2.87. The van der Waals surface area contributed by atoms with E-state index >= 15 is 0 Å². The van der Waals surface area contributed by atoms with Crippen LogP contribution in [0.25, 0.3) is 0 Å². The van der Waals surface area contributed by atoms with Crippen LogP contribution in [0.3, 0.4) is 0 Å². The zero-order valence-corrected chi connectivity index (χ0v) is 13.5. The van der Waals surface area contributed by atoms with E-state index in [0.29, 0.717) is 39.0 Å². The second kappa shape index (κ2) is 7.50. The number of rotatable bonds is 4. The normalized spacial score (nSPS) is 15.1. The van der Waals surface area contributed by atoms with E-state index in [0.717, 1.165) is 5.56 Å². The van der Waals surface area contributed by atoms with Gasteiger partial charge in [0.1, 0.15) is 0 Å². The van der Waals surface area contributed by atoms with Crippen LogP contribution in [0.5, 0.6) is 0 Å². The number of thioether (sulfide) groups is 1. The lowest BCUT2D eigenvalue weighted by molar-refractivity contribution is -0.139. The maximum atomic E-state index is 12.3. The third kappa shape index (κ3) is 4.24. The number of hydrogen-bond acceptors (Lipinski definition) is 3. The lowest BCUT2D eigenvalue weighted by Gasteiger charge is -2.34. The van der Waals surface area contributed by atoms with Crippen molar-refractivity contribution >= 4 is 23.6 Å². The molecule has 0 atom stereocenters. The molecule has 0 spiro atoms. The van der Waals surface area contributed by atoms with Crippen LogP contribution in [0.2, 0.25) is 0 Å². The summed E-state index contributed by atoms with van der Waals surface area (Å²) >= 11 is 1.70. The fourth-order valence-electron chi connectivity index (χ4n) is 2.46. The highest BCUT2D eigenvalue weighted by Gasteiger charge is 2.23. The molecule has 0 bridgehead atoms. The third-order valence-corrected chi connectivity index (χ3v) is 4.55. The van der Waals surface area contributed by atoms with Crippen molar-refractivity contribution < 1.29 is 9.59 Å². The Labute approximate surface area is 130 Å². The molecule has 1 aliphatic rings. The van der Waals surface area contributed by atoms with E-state index in [1.165, 1.54) is 4.90 Å². The first-order valence-electron chi connectivity index (χ1n) is 7.32. The number of carbonyl (C=O) groups is 2. The van der Waals surface area contributed by atoms with E-state index in [2.05, 4.69) is 0 Å². The lowest BCUT2D eigenvalue weighted by atomic mass is 10.1. The number of hydrogen-bond donors (Lipinski definition) is 0. The average molecular weight is 306 g/mol. The van der Waals surface area contributed by atoms with Crippen molar-refractivity contribution in [1.29, 1.82) is 0 Å². The summed E-state index contributed by atoms with van der Waals surface area (Å²) in [5.41, 5.74) is 1.05. The maximum absolute atomic E-state index is 12.3. The van der Waals surface area contributed by atoms with Gasteiger partial charge in [-0.15, -0.1) is 11.8 Å². The van der Waals surface area contributed by atoms with E-state index < -0.39 is 0 Å². The third-order valence-electron chi connectivity index (χ3n) is 3.80. The topological polar surface area (TPSA) is 40.6 Å². The van der Waals surface area contributed by atoms with Crippen LogP contribution in [0.15, 0.2) is 29.2 Å². The molecule has 0 aliphatic carbocycles. The highest BCUT2D eigenvalue weighted by Crippen LogP contribution is 2.16. The highest BCUT2D eigenvalue weighted by molar-refractivity contribution is 7.98. The van der Waals surface area contributed by atoms with E-state index in [1.807, 2.05) is 47.2 Å². The Morgan fingerprint density at radius 1 is 1.00 bits per heavy atom. The van der Waals surface area contributed by atoms with E-state index in [1.54, 1.807) is 11.8 Å². The number of amides is 2. The number of carbonyl (C=O) groups excluding carboxylic acids is 2.